The predicted molar refractivity (Wildman–Crippen MR) is 54.5 cm³/mol. The Kier molecular flexibility index (Phi) is 3.56. The van der Waals surface area contributed by atoms with Crippen molar-refractivity contribution in [2.45, 2.75) is 5.44 Å². The van der Waals surface area contributed by atoms with Crippen molar-refractivity contribution < 1.29 is 22.8 Å². The van der Waals surface area contributed by atoms with Crippen LogP contribution >= 0.6 is 11.6 Å². The molecule has 0 saturated heterocycles. The molecule has 1 unspecified atom stereocenters. The minimum Gasteiger partial charge on any atom is -0.495 e. The van der Waals surface area contributed by atoms with Crippen molar-refractivity contribution in [3.05, 3.63) is 28.8 Å². The van der Waals surface area contributed by atoms with E-state index in [-0.39, 0.29) is 10.6 Å². The Morgan fingerprint density at radius 3 is 2.47 bits per heavy atom. The van der Waals surface area contributed by atoms with Gasteiger partial charge in [0.25, 0.3) is 10.1 Å². The number of benzene rings is 1. The Bertz CT molecular complexity index is 456. The Morgan fingerprint density at radius 1 is 1.47 bits per heavy atom. The highest BCUT2D eigenvalue weighted by Gasteiger charge is 2.22. The number of rotatable bonds is 3. The van der Waals surface area contributed by atoms with Gasteiger partial charge in [-0.1, -0.05) is 17.7 Å². The summed E-state index contributed by atoms with van der Waals surface area (Å²) in [5.74, 6) is 0.350. The molecule has 0 aliphatic carbocycles. The van der Waals surface area contributed by atoms with Crippen molar-refractivity contribution in [2.24, 2.45) is 0 Å². The molecule has 1 aromatic carbocycles. The van der Waals surface area contributed by atoms with Crippen LogP contribution < -0.4 is 4.74 Å². The normalized spacial score (nSPS) is 13.6. The third-order valence-electron chi connectivity index (χ3n) is 1.74. The van der Waals surface area contributed by atoms with Crippen molar-refractivity contribution in [1.29, 1.82) is 0 Å². The standard InChI is InChI=1S/C8H9ClO5S/c1-14-7-3-2-5(4-6(7)9)8(10)15(11,12)13/h2-4,8,10H,1H3,(H,11,12,13). The molecule has 0 heterocycles. The van der Waals surface area contributed by atoms with Gasteiger partial charge in [-0.3, -0.25) is 4.55 Å². The lowest BCUT2D eigenvalue weighted by Gasteiger charge is -2.09. The Morgan fingerprint density at radius 2 is 2.07 bits per heavy atom. The fourth-order valence-electron chi connectivity index (χ4n) is 1.01. The topological polar surface area (TPSA) is 83.8 Å². The number of ether oxygens (including phenoxy) is 1. The summed E-state index contributed by atoms with van der Waals surface area (Å²) in [6, 6.07) is 3.90. The van der Waals surface area contributed by atoms with Crippen LogP contribution in [0.15, 0.2) is 18.2 Å². The molecule has 2 N–H and O–H groups in total. The van der Waals surface area contributed by atoms with Crippen molar-refractivity contribution in [3.63, 3.8) is 0 Å². The van der Waals surface area contributed by atoms with Gasteiger partial charge in [0.1, 0.15) is 5.75 Å². The van der Waals surface area contributed by atoms with E-state index in [1.165, 1.54) is 25.3 Å². The molecule has 0 amide bonds. The molecule has 0 fully saturated rings. The lowest BCUT2D eigenvalue weighted by atomic mass is 10.2. The highest BCUT2D eigenvalue weighted by molar-refractivity contribution is 7.85. The van der Waals surface area contributed by atoms with Crippen LogP contribution in [0.5, 0.6) is 5.75 Å². The number of hydrogen-bond acceptors (Lipinski definition) is 4. The minimum absolute atomic E-state index is 0.0247. The van der Waals surface area contributed by atoms with Gasteiger partial charge in [0, 0.05) is 0 Å². The zero-order valence-electron chi connectivity index (χ0n) is 7.71. The monoisotopic (exact) mass is 252 g/mol. The maximum atomic E-state index is 10.6. The zero-order valence-corrected chi connectivity index (χ0v) is 9.29. The first-order valence-electron chi connectivity index (χ1n) is 3.84. The summed E-state index contributed by atoms with van der Waals surface area (Å²) in [5.41, 5.74) is -2.02. The fourth-order valence-corrected chi connectivity index (χ4v) is 1.76. The quantitative estimate of drug-likeness (QED) is 0.791. The molecule has 1 aromatic rings. The molecule has 0 aromatic heterocycles. The highest BCUT2D eigenvalue weighted by atomic mass is 35.5. The molecule has 1 rings (SSSR count). The van der Waals surface area contributed by atoms with Crippen molar-refractivity contribution >= 4 is 21.7 Å². The summed E-state index contributed by atoms with van der Waals surface area (Å²) in [4.78, 5) is 0. The lowest BCUT2D eigenvalue weighted by molar-refractivity contribution is 0.238. The van der Waals surface area contributed by atoms with Gasteiger partial charge in [0.2, 0.25) is 5.44 Å². The van der Waals surface area contributed by atoms with E-state index < -0.39 is 15.6 Å². The minimum atomic E-state index is -4.54. The van der Waals surface area contributed by atoms with Crippen LogP contribution in [-0.4, -0.2) is 25.2 Å². The second kappa shape index (κ2) is 4.36. The number of aliphatic hydroxyl groups excluding tert-OH is 1. The van der Waals surface area contributed by atoms with Gasteiger partial charge in [-0.15, -0.1) is 0 Å². The maximum Gasteiger partial charge on any atom is 0.296 e. The predicted octanol–water partition coefficient (Wildman–Crippen LogP) is 1.23. The molecule has 0 spiro atoms. The van der Waals surface area contributed by atoms with Crippen LogP contribution in [-0.2, 0) is 10.1 Å². The molecule has 0 radical (unpaired) electrons. The van der Waals surface area contributed by atoms with Gasteiger partial charge in [-0.25, -0.2) is 0 Å². The number of aliphatic hydroxyl groups is 1. The van der Waals surface area contributed by atoms with Gasteiger partial charge in [0.05, 0.1) is 12.1 Å². The highest BCUT2D eigenvalue weighted by Crippen LogP contribution is 2.28. The van der Waals surface area contributed by atoms with Gasteiger partial charge in [-0.05, 0) is 17.7 Å². The number of halogens is 1. The fraction of sp³-hybridized carbons (Fsp3) is 0.250. The van der Waals surface area contributed by atoms with Crippen LogP contribution in [0, 0.1) is 0 Å². The molecular formula is C8H9ClO5S. The maximum absolute atomic E-state index is 10.6. The van der Waals surface area contributed by atoms with E-state index >= 15 is 0 Å². The zero-order chi connectivity index (χ0) is 11.6. The van der Waals surface area contributed by atoms with Gasteiger partial charge in [0.15, 0.2) is 0 Å². The Balaban J connectivity index is 3.13. The Hall–Kier alpha value is -0.820. The van der Waals surface area contributed by atoms with Crippen LogP contribution in [0.4, 0.5) is 0 Å². The summed E-state index contributed by atoms with van der Waals surface area (Å²) in [7, 11) is -3.13. The van der Waals surface area contributed by atoms with E-state index in [2.05, 4.69) is 0 Å². The molecule has 0 bridgehead atoms. The average Bonchev–Trinajstić information content (AvgIpc) is 2.15. The number of methoxy groups -OCH3 is 1. The molecular weight excluding hydrogens is 244 g/mol. The number of hydrogen-bond donors (Lipinski definition) is 2. The Labute approximate surface area is 92.0 Å². The van der Waals surface area contributed by atoms with E-state index in [1.54, 1.807) is 0 Å². The first-order valence-corrected chi connectivity index (χ1v) is 5.72. The molecule has 0 aliphatic heterocycles. The van der Waals surface area contributed by atoms with Crippen LogP contribution in [0.25, 0.3) is 0 Å². The van der Waals surface area contributed by atoms with Gasteiger partial charge >= 0.3 is 0 Å². The molecule has 5 nitrogen and oxygen atoms in total. The molecule has 1 atom stereocenters. The summed E-state index contributed by atoms with van der Waals surface area (Å²) >= 11 is 5.71. The third kappa shape index (κ3) is 2.82. The van der Waals surface area contributed by atoms with Crippen LogP contribution in [0.3, 0.4) is 0 Å². The van der Waals surface area contributed by atoms with Gasteiger partial charge < -0.3 is 9.84 Å². The summed E-state index contributed by atoms with van der Waals surface area (Å²) < 4.78 is 34.7. The molecule has 0 saturated carbocycles. The first kappa shape index (κ1) is 12.3. The van der Waals surface area contributed by atoms with Crippen molar-refractivity contribution in [3.8, 4) is 5.75 Å². The third-order valence-corrected chi connectivity index (χ3v) is 2.87. The largest absolute Gasteiger partial charge is 0.495 e. The van der Waals surface area contributed by atoms with E-state index in [4.69, 9.17) is 20.9 Å². The molecule has 0 aliphatic rings. The summed E-state index contributed by atoms with van der Waals surface area (Å²) in [5, 5.41) is 9.36. The van der Waals surface area contributed by atoms with Crippen molar-refractivity contribution in [2.75, 3.05) is 7.11 Å². The van der Waals surface area contributed by atoms with E-state index in [0.29, 0.717) is 5.75 Å². The first-order chi connectivity index (χ1) is 6.86. The molecule has 15 heavy (non-hydrogen) atoms. The lowest BCUT2D eigenvalue weighted by Crippen LogP contribution is -2.11. The van der Waals surface area contributed by atoms with Crippen LogP contribution in [0.2, 0.25) is 5.02 Å². The average molecular weight is 253 g/mol. The van der Waals surface area contributed by atoms with E-state index in [9.17, 15) is 13.5 Å². The van der Waals surface area contributed by atoms with Crippen LogP contribution in [0.1, 0.15) is 11.0 Å². The SMILES string of the molecule is COc1ccc(C(O)S(=O)(=O)O)cc1Cl. The van der Waals surface area contributed by atoms with Crippen molar-refractivity contribution in [1.82, 2.24) is 0 Å². The van der Waals surface area contributed by atoms with E-state index in [1.807, 2.05) is 0 Å². The summed E-state index contributed by atoms with van der Waals surface area (Å²) in [6.45, 7) is 0. The summed E-state index contributed by atoms with van der Waals surface area (Å²) in [6.07, 6.45) is 0. The second-order valence-electron chi connectivity index (χ2n) is 2.76. The molecule has 84 valence electrons. The smallest absolute Gasteiger partial charge is 0.296 e. The second-order valence-corrected chi connectivity index (χ2v) is 4.64. The molecule has 7 heteroatoms. The van der Waals surface area contributed by atoms with E-state index in [0.717, 1.165) is 0 Å². The van der Waals surface area contributed by atoms with Gasteiger partial charge in [-0.2, -0.15) is 8.42 Å².